The molecule has 0 aliphatic rings. The fraction of sp³-hybridized carbons (Fsp3) is 0.111. The molecule has 8 heteroatoms. The van der Waals surface area contributed by atoms with Crippen LogP contribution in [0.1, 0.15) is 21.7 Å². The van der Waals surface area contributed by atoms with Gasteiger partial charge >= 0.3 is 6.18 Å². The van der Waals surface area contributed by atoms with Crippen LogP contribution in [0.4, 0.5) is 24.7 Å². The van der Waals surface area contributed by atoms with Gasteiger partial charge in [-0.25, -0.2) is 4.98 Å². The molecule has 1 amide bonds. The van der Waals surface area contributed by atoms with E-state index in [-0.39, 0.29) is 29.5 Å². The molecular weight excluding hydrogens is 347 g/mol. The van der Waals surface area contributed by atoms with E-state index in [1.807, 2.05) is 0 Å². The van der Waals surface area contributed by atoms with Crippen LogP contribution in [-0.2, 0) is 12.7 Å². The predicted octanol–water partition coefficient (Wildman–Crippen LogP) is 4.37. The van der Waals surface area contributed by atoms with Crippen LogP contribution < -0.4 is 10.6 Å². The first-order chi connectivity index (χ1) is 12.4. The Morgan fingerprint density at radius 3 is 2.54 bits per heavy atom. The highest BCUT2D eigenvalue weighted by atomic mass is 19.4. The van der Waals surface area contributed by atoms with Gasteiger partial charge in [-0.2, -0.15) is 13.2 Å². The van der Waals surface area contributed by atoms with Gasteiger partial charge in [-0.1, -0.05) is 12.1 Å². The molecule has 0 saturated carbocycles. The van der Waals surface area contributed by atoms with E-state index in [9.17, 15) is 18.0 Å². The molecule has 0 aliphatic heterocycles. The summed E-state index contributed by atoms with van der Waals surface area (Å²) in [6, 6.07) is 11.5. The van der Waals surface area contributed by atoms with Gasteiger partial charge in [-0.3, -0.25) is 4.79 Å². The Labute approximate surface area is 146 Å². The summed E-state index contributed by atoms with van der Waals surface area (Å²) in [5.41, 5.74) is -0.615. The summed E-state index contributed by atoms with van der Waals surface area (Å²) < 4.78 is 44.1. The van der Waals surface area contributed by atoms with Crippen molar-refractivity contribution in [2.45, 2.75) is 12.7 Å². The zero-order chi connectivity index (χ0) is 18.6. The van der Waals surface area contributed by atoms with Gasteiger partial charge in [0.15, 0.2) is 0 Å². The van der Waals surface area contributed by atoms with Gasteiger partial charge in [0, 0.05) is 6.20 Å². The number of hydrogen-bond acceptors (Lipinski definition) is 4. The third-order valence-corrected chi connectivity index (χ3v) is 3.52. The molecule has 3 aromatic rings. The molecule has 0 saturated heterocycles. The fourth-order valence-electron chi connectivity index (χ4n) is 2.26. The third kappa shape index (κ3) is 4.21. The first-order valence-electron chi connectivity index (χ1n) is 7.63. The van der Waals surface area contributed by atoms with Crippen LogP contribution in [0, 0.1) is 0 Å². The summed E-state index contributed by atoms with van der Waals surface area (Å²) >= 11 is 0. The van der Waals surface area contributed by atoms with E-state index in [2.05, 4.69) is 15.6 Å². The number of carbonyl (C=O) groups excluding carboxylic acids is 1. The van der Waals surface area contributed by atoms with Crippen LogP contribution in [-0.4, -0.2) is 10.9 Å². The summed E-state index contributed by atoms with van der Waals surface area (Å²) in [5, 5.41) is 5.28. The number of para-hydroxylation sites is 1. The van der Waals surface area contributed by atoms with Crippen molar-refractivity contribution in [2.24, 2.45) is 0 Å². The Morgan fingerprint density at radius 2 is 1.88 bits per heavy atom. The summed E-state index contributed by atoms with van der Waals surface area (Å²) in [5.74, 6) is 0.439. The highest BCUT2D eigenvalue weighted by Crippen LogP contribution is 2.35. The lowest BCUT2D eigenvalue weighted by molar-refractivity contribution is -0.136. The third-order valence-electron chi connectivity index (χ3n) is 3.52. The summed E-state index contributed by atoms with van der Waals surface area (Å²) in [4.78, 5) is 16.0. The zero-order valence-corrected chi connectivity index (χ0v) is 13.4. The van der Waals surface area contributed by atoms with Crippen LogP contribution in [0.5, 0.6) is 0 Å². The van der Waals surface area contributed by atoms with Gasteiger partial charge in [0.2, 0.25) is 0 Å². The standard InChI is InChI=1S/C18H14F3N3O2/c19-18(20,21)14-5-1-2-6-15(14)24-16-8-7-12(10-22-16)17(25)23-11-13-4-3-9-26-13/h1-10H,11H2,(H,22,24)(H,23,25). The molecule has 2 aromatic heterocycles. The number of nitrogens with zero attached hydrogens (tertiary/aromatic N) is 1. The maximum atomic E-state index is 13.0. The molecule has 1 aromatic carbocycles. The molecular formula is C18H14F3N3O2. The van der Waals surface area contributed by atoms with Gasteiger partial charge < -0.3 is 15.1 Å². The van der Waals surface area contributed by atoms with E-state index >= 15 is 0 Å². The molecule has 26 heavy (non-hydrogen) atoms. The summed E-state index contributed by atoms with van der Waals surface area (Å²) in [6.45, 7) is 0.227. The molecule has 0 unspecified atom stereocenters. The number of carbonyl (C=O) groups is 1. The van der Waals surface area contributed by atoms with E-state index in [0.717, 1.165) is 6.07 Å². The van der Waals surface area contributed by atoms with Crippen molar-refractivity contribution >= 4 is 17.4 Å². The number of halogens is 3. The first-order valence-corrected chi connectivity index (χ1v) is 7.63. The van der Waals surface area contributed by atoms with E-state index in [1.165, 1.54) is 42.8 Å². The molecule has 2 heterocycles. The Morgan fingerprint density at radius 1 is 1.08 bits per heavy atom. The van der Waals surface area contributed by atoms with Crippen molar-refractivity contribution in [1.82, 2.24) is 10.3 Å². The minimum Gasteiger partial charge on any atom is -0.467 e. The first kappa shape index (κ1) is 17.5. The quantitative estimate of drug-likeness (QED) is 0.708. The second-order valence-electron chi connectivity index (χ2n) is 5.36. The minimum absolute atomic E-state index is 0.109. The maximum absolute atomic E-state index is 13.0. The topological polar surface area (TPSA) is 67.2 Å². The van der Waals surface area contributed by atoms with Crippen molar-refractivity contribution in [1.29, 1.82) is 0 Å². The number of pyridine rings is 1. The molecule has 5 nitrogen and oxygen atoms in total. The number of nitrogens with one attached hydrogen (secondary N) is 2. The predicted molar refractivity (Wildman–Crippen MR) is 88.8 cm³/mol. The van der Waals surface area contributed by atoms with Gasteiger partial charge in [0.05, 0.1) is 29.6 Å². The van der Waals surface area contributed by atoms with Gasteiger partial charge in [0.1, 0.15) is 11.6 Å². The van der Waals surface area contributed by atoms with E-state index in [1.54, 1.807) is 12.1 Å². The monoisotopic (exact) mass is 361 g/mol. The Balaban J connectivity index is 1.68. The van der Waals surface area contributed by atoms with Gasteiger partial charge in [-0.15, -0.1) is 0 Å². The summed E-state index contributed by atoms with van der Waals surface area (Å²) in [7, 11) is 0. The molecule has 0 atom stereocenters. The number of aromatic nitrogens is 1. The average Bonchev–Trinajstić information content (AvgIpc) is 3.13. The molecule has 0 radical (unpaired) electrons. The lowest BCUT2D eigenvalue weighted by Gasteiger charge is -2.14. The highest BCUT2D eigenvalue weighted by Gasteiger charge is 2.33. The number of furan rings is 1. The molecule has 3 rings (SSSR count). The maximum Gasteiger partial charge on any atom is 0.418 e. The van der Waals surface area contributed by atoms with Crippen molar-refractivity contribution < 1.29 is 22.4 Å². The van der Waals surface area contributed by atoms with Crippen LogP contribution >= 0.6 is 0 Å². The largest absolute Gasteiger partial charge is 0.467 e. The normalized spacial score (nSPS) is 11.2. The molecule has 0 bridgehead atoms. The van der Waals surface area contributed by atoms with E-state index in [4.69, 9.17) is 4.42 Å². The van der Waals surface area contributed by atoms with Crippen molar-refractivity contribution in [3.05, 3.63) is 77.9 Å². The van der Waals surface area contributed by atoms with Crippen LogP contribution in [0.25, 0.3) is 0 Å². The minimum atomic E-state index is -4.48. The number of benzene rings is 1. The lowest BCUT2D eigenvalue weighted by atomic mass is 10.1. The van der Waals surface area contributed by atoms with Gasteiger partial charge in [-0.05, 0) is 36.4 Å². The molecule has 134 valence electrons. The van der Waals surface area contributed by atoms with E-state index < -0.39 is 11.7 Å². The summed E-state index contributed by atoms with van der Waals surface area (Å²) in [6.07, 6.45) is -1.69. The number of rotatable bonds is 5. The zero-order valence-electron chi connectivity index (χ0n) is 13.4. The molecule has 2 N–H and O–H groups in total. The van der Waals surface area contributed by atoms with Crippen molar-refractivity contribution in [2.75, 3.05) is 5.32 Å². The number of anilines is 2. The van der Waals surface area contributed by atoms with Crippen molar-refractivity contribution in [3.8, 4) is 0 Å². The molecule has 0 aliphatic carbocycles. The number of alkyl halides is 3. The van der Waals surface area contributed by atoms with Crippen molar-refractivity contribution in [3.63, 3.8) is 0 Å². The Kier molecular flexibility index (Phi) is 4.92. The van der Waals surface area contributed by atoms with Crippen LogP contribution in [0.3, 0.4) is 0 Å². The average molecular weight is 361 g/mol. The SMILES string of the molecule is O=C(NCc1ccco1)c1ccc(Nc2ccccc2C(F)(F)F)nc1. The molecule has 0 spiro atoms. The fourth-order valence-corrected chi connectivity index (χ4v) is 2.26. The second-order valence-corrected chi connectivity index (χ2v) is 5.36. The number of amides is 1. The Hall–Kier alpha value is -3.29. The second kappa shape index (κ2) is 7.30. The number of hydrogen-bond donors (Lipinski definition) is 2. The smallest absolute Gasteiger partial charge is 0.418 e. The Bertz CT molecular complexity index is 875. The van der Waals surface area contributed by atoms with Gasteiger partial charge in [0.25, 0.3) is 5.91 Å². The lowest BCUT2D eigenvalue weighted by Crippen LogP contribution is -2.22. The van der Waals surface area contributed by atoms with Crippen LogP contribution in [0.15, 0.2) is 65.4 Å². The van der Waals surface area contributed by atoms with E-state index in [0.29, 0.717) is 5.76 Å². The molecule has 0 fully saturated rings. The van der Waals surface area contributed by atoms with Crippen LogP contribution in [0.2, 0.25) is 0 Å². The highest BCUT2D eigenvalue weighted by molar-refractivity contribution is 5.94.